The summed E-state index contributed by atoms with van der Waals surface area (Å²) in [6, 6.07) is 13.5. The predicted octanol–water partition coefficient (Wildman–Crippen LogP) is 1.90. The van der Waals surface area contributed by atoms with Crippen molar-refractivity contribution in [3.05, 3.63) is 53.6 Å². The molecule has 8 nitrogen and oxygen atoms in total. The summed E-state index contributed by atoms with van der Waals surface area (Å²) in [5.74, 6) is 0.848. The number of nitrogens with two attached hydrogens (primary N) is 1. The normalized spacial score (nSPS) is 18.8. The molecule has 172 valence electrons. The van der Waals surface area contributed by atoms with Crippen molar-refractivity contribution in [3.8, 4) is 5.75 Å². The van der Waals surface area contributed by atoms with E-state index < -0.39 is 10.0 Å². The van der Waals surface area contributed by atoms with Gasteiger partial charge in [0.25, 0.3) is 10.0 Å². The number of fused-ring (bicyclic) bond motifs is 1. The number of hydrogen-bond donors (Lipinski definition) is 1. The van der Waals surface area contributed by atoms with Crippen molar-refractivity contribution in [1.29, 1.82) is 0 Å². The third-order valence-electron chi connectivity index (χ3n) is 6.01. The Balaban J connectivity index is 1.34. The van der Waals surface area contributed by atoms with Gasteiger partial charge in [-0.05, 0) is 49.2 Å². The summed E-state index contributed by atoms with van der Waals surface area (Å²) in [6.45, 7) is 5.86. The maximum Gasteiger partial charge on any atom is 0.287 e. The molecule has 0 saturated carbocycles. The van der Waals surface area contributed by atoms with Gasteiger partial charge in [0, 0.05) is 39.8 Å². The van der Waals surface area contributed by atoms with Crippen molar-refractivity contribution in [1.82, 2.24) is 9.80 Å². The van der Waals surface area contributed by atoms with E-state index >= 15 is 0 Å². The van der Waals surface area contributed by atoms with E-state index in [9.17, 15) is 8.42 Å². The highest BCUT2D eigenvalue weighted by Crippen LogP contribution is 2.33. The highest BCUT2D eigenvalue weighted by Gasteiger charge is 2.29. The van der Waals surface area contributed by atoms with Crippen LogP contribution in [0.4, 0.5) is 5.69 Å². The SMILES string of the molecule is CN1CCN(Cc2cccc(OCCCc3cccc4c3N(C)C(N)=NS4(=O)=O)c2)CC1. The maximum atomic E-state index is 12.4. The lowest BCUT2D eigenvalue weighted by Gasteiger charge is -2.32. The van der Waals surface area contributed by atoms with Gasteiger partial charge in [-0.2, -0.15) is 8.42 Å². The van der Waals surface area contributed by atoms with Gasteiger partial charge >= 0.3 is 0 Å². The number of para-hydroxylation sites is 1. The minimum absolute atomic E-state index is 0.0154. The smallest absolute Gasteiger partial charge is 0.287 e. The van der Waals surface area contributed by atoms with Crippen LogP contribution in [0.15, 0.2) is 51.8 Å². The summed E-state index contributed by atoms with van der Waals surface area (Å²) < 4.78 is 34.4. The number of sulfonamides is 1. The number of ether oxygens (including phenoxy) is 1. The van der Waals surface area contributed by atoms with Gasteiger partial charge in [0.2, 0.25) is 5.96 Å². The molecule has 0 unspecified atom stereocenters. The van der Waals surface area contributed by atoms with Crippen LogP contribution in [0.2, 0.25) is 0 Å². The van der Waals surface area contributed by atoms with E-state index in [1.165, 1.54) is 5.56 Å². The zero-order chi connectivity index (χ0) is 22.7. The molecule has 0 spiro atoms. The molecular formula is C23H31N5O3S. The Morgan fingerprint density at radius 3 is 2.59 bits per heavy atom. The minimum atomic E-state index is -3.76. The fraction of sp³-hybridized carbons (Fsp3) is 0.435. The van der Waals surface area contributed by atoms with Crippen LogP contribution < -0.4 is 15.4 Å². The van der Waals surface area contributed by atoms with E-state index in [1.54, 1.807) is 24.1 Å². The summed E-state index contributed by atoms with van der Waals surface area (Å²) in [6.07, 6.45) is 1.43. The maximum absolute atomic E-state index is 12.4. The van der Waals surface area contributed by atoms with Crippen molar-refractivity contribution in [2.24, 2.45) is 10.1 Å². The number of piperazine rings is 1. The van der Waals surface area contributed by atoms with Gasteiger partial charge in [-0.1, -0.05) is 24.3 Å². The molecule has 2 N–H and O–H groups in total. The summed E-state index contributed by atoms with van der Waals surface area (Å²) in [7, 11) is 0.141. The molecule has 0 radical (unpaired) electrons. The van der Waals surface area contributed by atoms with Crippen molar-refractivity contribution in [2.45, 2.75) is 24.3 Å². The number of hydrogen-bond acceptors (Lipinski definition) is 7. The van der Waals surface area contributed by atoms with Crippen molar-refractivity contribution in [2.75, 3.05) is 51.8 Å². The monoisotopic (exact) mass is 457 g/mol. The van der Waals surface area contributed by atoms with Crippen LogP contribution in [0.25, 0.3) is 0 Å². The van der Waals surface area contributed by atoms with Gasteiger partial charge in [-0.3, -0.25) is 4.90 Å². The zero-order valence-corrected chi connectivity index (χ0v) is 19.5. The second-order valence-electron chi connectivity index (χ2n) is 8.43. The van der Waals surface area contributed by atoms with Crippen LogP contribution in [-0.4, -0.2) is 71.1 Å². The van der Waals surface area contributed by atoms with E-state index in [4.69, 9.17) is 10.5 Å². The quantitative estimate of drug-likeness (QED) is 0.635. The van der Waals surface area contributed by atoms with Crippen LogP contribution >= 0.6 is 0 Å². The molecule has 0 aromatic heterocycles. The molecule has 0 aliphatic carbocycles. The Labute approximate surface area is 190 Å². The topological polar surface area (TPSA) is 91.5 Å². The van der Waals surface area contributed by atoms with Crippen molar-refractivity contribution >= 4 is 21.7 Å². The van der Waals surface area contributed by atoms with E-state index in [0.29, 0.717) is 18.7 Å². The first-order chi connectivity index (χ1) is 15.3. The molecule has 1 saturated heterocycles. The molecule has 1 fully saturated rings. The number of anilines is 1. The molecule has 0 amide bonds. The highest BCUT2D eigenvalue weighted by atomic mass is 32.2. The largest absolute Gasteiger partial charge is 0.494 e. The van der Waals surface area contributed by atoms with Crippen LogP contribution in [0.1, 0.15) is 17.5 Å². The molecule has 0 bridgehead atoms. The third kappa shape index (κ3) is 5.06. The van der Waals surface area contributed by atoms with Crippen LogP contribution in [0.3, 0.4) is 0 Å². The fourth-order valence-corrected chi connectivity index (χ4v) is 5.39. The van der Waals surface area contributed by atoms with Gasteiger partial charge < -0.3 is 20.3 Å². The highest BCUT2D eigenvalue weighted by molar-refractivity contribution is 7.90. The van der Waals surface area contributed by atoms with Gasteiger partial charge in [-0.15, -0.1) is 4.40 Å². The van der Waals surface area contributed by atoms with Crippen molar-refractivity contribution < 1.29 is 13.2 Å². The summed E-state index contributed by atoms with van der Waals surface area (Å²) >= 11 is 0. The molecule has 2 aliphatic heterocycles. The second-order valence-corrected chi connectivity index (χ2v) is 10.00. The van der Waals surface area contributed by atoms with Gasteiger partial charge in [-0.25, -0.2) is 0 Å². The third-order valence-corrected chi connectivity index (χ3v) is 7.33. The van der Waals surface area contributed by atoms with Gasteiger partial charge in [0.05, 0.1) is 12.3 Å². The molecule has 2 aromatic rings. The number of rotatable bonds is 7. The van der Waals surface area contributed by atoms with E-state index in [0.717, 1.165) is 50.5 Å². The van der Waals surface area contributed by atoms with E-state index in [-0.39, 0.29) is 10.9 Å². The zero-order valence-electron chi connectivity index (χ0n) is 18.7. The molecule has 9 heteroatoms. The average Bonchev–Trinajstić information content (AvgIpc) is 2.77. The first-order valence-corrected chi connectivity index (χ1v) is 12.4. The van der Waals surface area contributed by atoms with Crippen LogP contribution in [0.5, 0.6) is 5.75 Å². The lowest BCUT2D eigenvalue weighted by atomic mass is 10.1. The summed E-state index contributed by atoms with van der Waals surface area (Å²) in [4.78, 5) is 6.66. The van der Waals surface area contributed by atoms with Gasteiger partial charge in [0.1, 0.15) is 10.6 Å². The Morgan fingerprint density at radius 1 is 1.06 bits per heavy atom. The molecule has 4 rings (SSSR count). The predicted molar refractivity (Wildman–Crippen MR) is 127 cm³/mol. The number of aryl methyl sites for hydroxylation is 1. The Bertz CT molecular complexity index is 1090. The fourth-order valence-electron chi connectivity index (χ4n) is 4.16. The number of nitrogens with zero attached hydrogens (tertiary/aromatic N) is 4. The summed E-state index contributed by atoms with van der Waals surface area (Å²) in [5.41, 5.74) is 8.60. The van der Waals surface area contributed by atoms with Gasteiger partial charge in [0.15, 0.2) is 0 Å². The lowest BCUT2D eigenvalue weighted by molar-refractivity contribution is 0.148. The standard InChI is InChI=1S/C23H31N5O3S/c1-26-11-13-28(14-12-26)17-18-6-3-9-20(16-18)31-15-5-8-19-7-4-10-21-22(19)27(2)23(24)25-32(21,29)30/h3-4,6-7,9-10,16H,5,8,11-15,17H2,1-2H3,(H2,24,25). The minimum Gasteiger partial charge on any atom is -0.494 e. The Hall–Kier alpha value is -2.62. The first kappa shape index (κ1) is 22.6. The lowest BCUT2D eigenvalue weighted by Crippen LogP contribution is -2.43. The van der Waals surface area contributed by atoms with Crippen molar-refractivity contribution in [3.63, 3.8) is 0 Å². The Morgan fingerprint density at radius 2 is 1.81 bits per heavy atom. The Kier molecular flexibility index (Phi) is 6.68. The van der Waals surface area contributed by atoms with Crippen LogP contribution in [-0.2, 0) is 23.0 Å². The number of benzene rings is 2. The molecule has 2 aliphatic rings. The average molecular weight is 458 g/mol. The number of likely N-dealkylation sites (N-methyl/N-ethyl adjacent to an activating group) is 1. The van der Waals surface area contributed by atoms with Crippen LogP contribution in [0, 0.1) is 0 Å². The number of guanidine groups is 1. The first-order valence-electron chi connectivity index (χ1n) is 10.9. The molecule has 32 heavy (non-hydrogen) atoms. The van der Waals surface area contributed by atoms with E-state index in [1.807, 2.05) is 18.2 Å². The molecule has 0 atom stereocenters. The molecule has 2 aromatic carbocycles. The van der Waals surface area contributed by atoms with E-state index in [2.05, 4.69) is 33.4 Å². The molecule has 2 heterocycles. The molecular weight excluding hydrogens is 426 g/mol. The summed E-state index contributed by atoms with van der Waals surface area (Å²) in [5, 5.41) is 0. The second kappa shape index (κ2) is 9.48.